The van der Waals surface area contributed by atoms with E-state index in [1.165, 1.54) is 30.4 Å². The number of non-ortho nitro benzene ring substituents is 1. The van der Waals surface area contributed by atoms with Gasteiger partial charge in [-0.3, -0.25) is 24.6 Å². The molecule has 0 bridgehead atoms. The largest absolute Gasteiger partial charge is 0.495 e. The number of anilines is 1. The van der Waals surface area contributed by atoms with Crippen LogP contribution >= 0.6 is 0 Å². The number of nitrogens with one attached hydrogen (secondary N) is 2. The Balaban J connectivity index is 1.19. The number of nitrogens with zero attached hydrogens (tertiary/aromatic N) is 2. The highest BCUT2D eigenvalue weighted by molar-refractivity contribution is 6.15. The predicted octanol–water partition coefficient (Wildman–Crippen LogP) is 5.47. The van der Waals surface area contributed by atoms with Crippen molar-refractivity contribution in [2.75, 3.05) is 39.7 Å². The summed E-state index contributed by atoms with van der Waals surface area (Å²) in [5.41, 5.74) is 3.78. The van der Waals surface area contributed by atoms with Crippen LogP contribution in [0.1, 0.15) is 27.0 Å². The third-order valence-corrected chi connectivity index (χ3v) is 8.32. The lowest BCUT2D eigenvalue weighted by Crippen LogP contribution is -2.32. The van der Waals surface area contributed by atoms with Gasteiger partial charge >= 0.3 is 0 Å². The van der Waals surface area contributed by atoms with Gasteiger partial charge in [0.05, 0.1) is 48.2 Å². The molecule has 45 heavy (non-hydrogen) atoms. The van der Waals surface area contributed by atoms with Crippen molar-refractivity contribution in [2.45, 2.75) is 19.4 Å². The van der Waals surface area contributed by atoms with Crippen LogP contribution in [0.2, 0.25) is 0 Å². The molecular formula is C34H32N4O7. The summed E-state index contributed by atoms with van der Waals surface area (Å²) in [4.78, 5) is 43.5. The third kappa shape index (κ3) is 5.65. The van der Waals surface area contributed by atoms with Crippen molar-refractivity contribution in [3.63, 3.8) is 0 Å². The zero-order valence-electron chi connectivity index (χ0n) is 25.1. The molecule has 0 fully saturated rings. The molecule has 230 valence electrons. The monoisotopic (exact) mass is 608 g/mol. The van der Waals surface area contributed by atoms with Crippen LogP contribution in [0.5, 0.6) is 17.2 Å². The van der Waals surface area contributed by atoms with Crippen LogP contribution in [0.3, 0.4) is 0 Å². The maximum Gasteiger partial charge on any atom is 0.282 e. The van der Waals surface area contributed by atoms with Crippen LogP contribution in [-0.4, -0.2) is 55.1 Å². The summed E-state index contributed by atoms with van der Waals surface area (Å²) in [7, 11) is 4.75. The van der Waals surface area contributed by atoms with E-state index >= 15 is 0 Å². The van der Waals surface area contributed by atoms with Crippen LogP contribution in [0.25, 0.3) is 21.8 Å². The third-order valence-electron chi connectivity index (χ3n) is 8.32. The van der Waals surface area contributed by atoms with E-state index in [2.05, 4.69) is 27.3 Å². The number of nitro benzene ring substituents is 1. The molecule has 4 aromatic carbocycles. The summed E-state index contributed by atoms with van der Waals surface area (Å²) in [6.07, 6.45) is 1.77. The molecule has 6 rings (SSSR count). The topological polar surface area (TPSA) is 136 Å². The highest BCUT2D eigenvalue weighted by Gasteiger charge is 2.24. The van der Waals surface area contributed by atoms with Crippen molar-refractivity contribution in [3.05, 3.63) is 109 Å². The van der Waals surface area contributed by atoms with Gasteiger partial charge in [0.25, 0.3) is 11.6 Å². The number of rotatable bonds is 9. The number of aromatic amines is 1. The van der Waals surface area contributed by atoms with Crippen LogP contribution in [0.15, 0.2) is 71.5 Å². The second-order valence-electron chi connectivity index (χ2n) is 10.9. The molecule has 0 unspecified atom stereocenters. The average Bonchev–Trinajstić information content (AvgIpc) is 3.06. The quantitative estimate of drug-likeness (QED) is 0.128. The van der Waals surface area contributed by atoms with Crippen LogP contribution in [0, 0.1) is 10.1 Å². The highest BCUT2D eigenvalue weighted by Crippen LogP contribution is 2.34. The molecule has 1 aliphatic heterocycles. The number of H-pyrrole nitrogens is 1. The molecule has 5 aromatic rings. The van der Waals surface area contributed by atoms with E-state index in [9.17, 15) is 19.7 Å². The Morgan fingerprint density at radius 3 is 2.33 bits per heavy atom. The number of pyridine rings is 1. The first-order valence-electron chi connectivity index (χ1n) is 14.5. The number of carbonyl (C=O) groups is 1. The molecule has 2 heterocycles. The average molecular weight is 609 g/mol. The van der Waals surface area contributed by atoms with Crippen molar-refractivity contribution in [1.82, 2.24) is 9.88 Å². The molecular weight excluding hydrogens is 576 g/mol. The number of fused-ring (bicyclic) bond motifs is 3. The van der Waals surface area contributed by atoms with Gasteiger partial charge in [-0.2, -0.15) is 0 Å². The molecule has 0 saturated heterocycles. The minimum Gasteiger partial charge on any atom is -0.495 e. The summed E-state index contributed by atoms with van der Waals surface area (Å²) < 4.78 is 16.3. The number of para-hydroxylation sites is 1. The Hall–Kier alpha value is -5.42. The number of carbonyl (C=O) groups excluding carboxylic acids is 1. The fourth-order valence-corrected chi connectivity index (χ4v) is 5.94. The van der Waals surface area contributed by atoms with Crippen molar-refractivity contribution in [1.29, 1.82) is 0 Å². The lowest BCUT2D eigenvalue weighted by Gasteiger charge is -2.29. The maximum atomic E-state index is 13.5. The van der Waals surface area contributed by atoms with Gasteiger partial charge in [-0.1, -0.05) is 18.2 Å². The second-order valence-corrected chi connectivity index (χ2v) is 10.9. The Kier molecular flexibility index (Phi) is 8.10. The van der Waals surface area contributed by atoms with Crippen molar-refractivity contribution >= 4 is 39.1 Å². The zero-order chi connectivity index (χ0) is 31.7. The molecule has 0 saturated carbocycles. The summed E-state index contributed by atoms with van der Waals surface area (Å²) in [5.74, 6) is 1.36. The smallest absolute Gasteiger partial charge is 0.282 e. The van der Waals surface area contributed by atoms with Crippen molar-refractivity contribution in [2.24, 2.45) is 0 Å². The van der Waals surface area contributed by atoms with E-state index in [0.717, 1.165) is 49.5 Å². The van der Waals surface area contributed by atoms with E-state index in [1.54, 1.807) is 32.4 Å². The number of hydrogen-bond acceptors (Lipinski definition) is 8. The maximum absolute atomic E-state index is 13.5. The van der Waals surface area contributed by atoms with E-state index in [0.29, 0.717) is 17.0 Å². The van der Waals surface area contributed by atoms with Gasteiger partial charge in [0, 0.05) is 31.4 Å². The van der Waals surface area contributed by atoms with Gasteiger partial charge < -0.3 is 24.5 Å². The molecule has 11 heteroatoms. The van der Waals surface area contributed by atoms with Crippen molar-refractivity contribution < 1.29 is 23.9 Å². The number of ether oxygens (including phenoxy) is 3. The number of aromatic nitrogens is 1. The minimum absolute atomic E-state index is 0.0690. The Morgan fingerprint density at radius 1 is 0.933 bits per heavy atom. The van der Waals surface area contributed by atoms with Gasteiger partial charge in [-0.25, -0.2) is 0 Å². The molecule has 1 amide bonds. The SMILES string of the molecule is COc1cc2c(cc1OC)CN(CCc1ccc(NC(=O)c3ccc([N+](=O)[O-])c4c(=O)c5cccc(OC)c5[nH]c34)cc1)CC2. The molecule has 0 aliphatic carbocycles. The summed E-state index contributed by atoms with van der Waals surface area (Å²) in [6, 6.07) is 19.1. The summed E-state index contributed by atoms with van der Waals surface area (Å²) >= 11 is 0. The number of nitro groups is 1. The van der Waals surface area contributed by atoms with Crippen molar-refractivity contribution in [3.8, 4) is 17.2 Å². The highest BCUT2D eigenvalue weighted by atomic mass is 16.6. The first kappa shape index (κ1) is 29.6. The summed E-state index contributed by atoms with van der Waals surface area (Å²) in [5, 5.41) is 14.7. The first-order valence-corrected chi connectivity index (χ1v) is 14.5. The fourth-order valence-electron chi connectivity index (χ4n) is 5.94. The van der Waals surface area contributed by atoms with Gasteiger partial charge in [0.2, 0.25) is 5.43 Å². The van der Waals surface area contributed by atoms with E-state index < -0.39 is 16.3 Å². The standard InChI is InChI=1S/C34H32N4O7/c1-43-27-6-4-5-24-31(27)36-32-25(11-12-26(38(41)42)30(32)33(24)39)34(40)35-23-9-7-20(8-10-23)13-15-37-16-14-21-17-28(44-2)29(45-3)18-22(21)19-37/h4-12,17-18H,13-16,19H2,1-3H3,(H,35,40)(H,36,39). The molecule has 0 radical (unpaired) electrons. The molecule has 1 aliphatic rings. The predicted molar refractivity (Wildman–Crippen MR) is 172 cm³/mol. The Bertz CT molecular complexity index is 2000. The number of hydrogen-bond donors (Lipinski definition) is 2. The normalized spacial score (nSPS) is 13.0. The van der Waals surface area contributed by atoms with Crippen LogP contribution in [0.4, 0.5) is 11.4 Å². The first-order chi connectivity index (χ1) is 21.8. The Morgan fingerprint density at radius 2 is 1.64 bits per heavy atom. The van der Waals surface area contributed by atoms with Gasteiger partial charge in [0.15, 0.2) is 11.5 Å². The van der Waals surface area contributed by atoms with Gasteiger partial charge in [-0.05, 0) is 72.0 Å². The van der Waals surface area contributed by atoms with Gasteiger partial charge in [-0.15, -0.1) is 0 Å². The van der Waals surface area contributed by atoms with E-state index in [1.807, 2.05) is 24.3 Å². The molecule has 2 N–H and O–H groups in total. The van der Waals surface area contributed by atoms with Gasteiger partial charge in [0.1, 0.15) is 11.1 Å². The fraction of sp³-hybridized carbons (Fsp3) is 0.235. The summed E-state index contributed by atoms with van der Waals surface area (Å²) in [6.45, 7) is 2.65. The number of benzene rings is 4. The second kappa shape index (κ2) is 12.3. The Labute approximate surface area is 258 Å². The van der Waals surface area contributed by atoms with E-state index in [-0.39, 0.29) is 27.5 Å². The minimum atomic E-state index is -0.624. The number of methoxy groups -OCH3 is 3. The lowest BCUT2D eigenvalue weighted by molar-refractivity contribution is -0.383. The van der Waals surface area contributed by atoms with E-state index in [4.69, 9.17) is 14.2 Å². The molecule has 0 atom stereocenters. The van der Waals surface area contributed by atoms with Crippen LogP contribution < -0.4 is 25.0 Å². The molecule has 0 spiro atoms. The van der Waals surface area contributed by atoms with Crippen LogP contribution in [-0.2, 0) is 19.4 Å². The molecule has 11 nitrogen and oxygen atoms in total. The lowest BCUT2D eigenvalue weighted by atomic mass is 9.98. The zero-order valence-corrected chi connectivity index (χ0v) is 25.1. The molecule has 1 aromatic heterocycles. The number of amides is 1.